The summed E-state index contributed by atoms with van der Waals surface area (Å²) < 4.78 is 0. The molecule has 16 heavy (non-hydrogen) atoms. The maximum absolute atomic E-state index is 9.70. The molecule has 0 aliphatic rings. The molecule has 0 saturated carbocycles. The molecule has 0 aliphatic carbocycles. The first-order valence-corrected chi connectivity index (χ1v) is 5.37. The summed E-state index contributed by atoms with van der Waals surface area (Å²) in [6.45, 7) is 3.58. The van der Waals surface area contributed by atoms with E-state index in [2.05, 4.69) is 10.2 Å². The molecule has 0 bridgehead atoms. The van der Waals surface area contributed by atoms with E-state index in [-0.39, 0.29) is 0 Å². The number of H-pyrrole nitrogens is 1. The zero-order valence-corrected chi connectivity index (χ0v) is 9.57. The van der Waals surface area contributed by atoms with E-state index >= 15 is 0 Å². The van der Waals surface area contributed by atoms with Crippen molar-refractivity contribution >= 4 is 0 Å². The Morgan fingerprint density at radius 1 is 1.25 bits per heavy atom. The molecule has 0 atom stereocenters. The van der Waals surface area contributed by atoms with Gasteiger partial charge in [0.05, 0.1) is 11.3 Å². The second-order valence-electron chi connectivity index (χ2n) is 4.63. The number of nitrogens with zero attached hydrogens (tertiary/aromatic N) is 1. The SMILES string of the molecule is CC(C)(O)Cc1cc(-c2ccccc2)n[nH]1. The van der Waals surface area contributed by atoms with E-state index in [9.17, 15) is 5.11 Å². The summed E-state index contributed by atoms with van der Waals surface area (Å²) in [5, 5.41) is 16.9. The van der Waals surface area contributed by atoms with Gasteiger partial charge in [-0.1, -0.05) is 30.3 Å². The number of aromatic amines is 1. The molecule has 1 aromatic carbocycles. The number of hydrogen-bond acceptors (Lipinski definition) is 2. The van der Waals surface area contributed by atoms with E-state index in [0.717, 1.165) is 17.0 Å². The van der Waals surface area contributed by atoms with Crippen LogP contribution in [-0.2, 0) is 6.42 Å². The molecule has 0 spiro atoms. The number of nitrogens with one attached hydrogen (secondary N) is 1. The first-order valence-electron chi connectivity index (χ1n) is 5.37. The van der Waals surface area contributed by atoms with Crippen molar-refractivity contribution in [3.8, 4) is 11.3 Å². The lowest BCUT2D eigenvalue weighted by Crippen LogP contribution is -2.21. The smallest absolute Gasteiger partial charge is 0.0923 e. The third-order valence-corrected chi connectivity index (χ3v) is 2.32. The highest BCUT2D eigenvalue weighted by molar-refractivity contribution is 5.58. The Balaban J connectivity index is 2.21. The predicted molar refractivity (Wildman–Crippen MR) is 64.0 cm³/mol. The van der Waals surface area contributed by atoms with E-state index < -0.39 is 5.60 Å². The number of hydrogen-bond donors (Lipinski definition) is 2. The zero-order valence-electron chi connectivity index (χ0n) is 9.57. The van der Waals surface area contributed by atoms with Crippen LogP contribution in [0.4, 0.5) is 0 Å². The van der Waals surface area contributed by atoms with Crippen LogP contribution in [0, 0.1) is 0 Å². The van der Waals surface area contributed by atoms with Gasteiger partial charge in [-0.05, 0) is 19.9 Å². The van der Waals surface area contributed by atoms with Gasteiger partial charge in [0.2, 0.25) is 0 Å². The number of aliphatic hydroxyl groups is 1. The summed E-state index contributed by atoms with van der Waals surface area (Å²) in [5.41, 5.74) is 2.24. The van der Waals surface area contributed by atoms with Crippen molar-refractivity contribution in [2.45, 2.75) is 25.9 Å². The van der Waals surface area contributed by atoms with Crippen molar-refractivity contribution in [3.63, 3.8) is 0 Å². The summed E-state index contributed by atoms with van der Waals surface area (Å²) in [4.78, 5) is 0. The Hall–Kier alpha value is -1.61. The van der Waals surface area contributed by atoms with Gasteiger partial charge < -0.3 is 5.11 Å². The normalized spacial score (nSPS) is 11.7. The minimum Gasteiger partial charge on any atom is -0.390 e. The average molecular weight is 216 g/mol. The van der Waals surface area contributed by atoms with Gasteiger partial charge in [-0.3, -0.25) is 5.10 Å². The van der Waals surface area contributed by atoms with Crippen molar-refractivity contribution < 1.29 is 5.11 Å². The van der Waals surface area contributed by atoms with Crippen LogP contribution in [-0.4, -0.2) is 20.9 Å². The van der Waals surface area contributed by atoms with Crippen LogP contribution < -0.4 is 0 Å². The number of benzene rings is 1. The standard InChI is InChI=1S/C13H16N2O/c1-13(2,16)9-11-8-12(15-14-11)10-6-4-3-5-7-10/h3-8,16H,9H2,1-2H3,(H,14,15). The van der Waals surface area contributed by atoms with Crippen LogP contribution in [0.5, 0.6) is 0 Å². The number of aromatic nitrogens is 2. The molecule has 2 aromatic rings. The summed E-state index contributed by atoms with van der Waals surface area (Å²) in [6.07, 6.45) is 0.576. The van der Waals surface area contributed by atoms with Gasteiger partial charge >= 0.3 is 0 Å². The molecule has 3 nitrogen and oxygen atoms in total. The highest BCUT2D eigenvalue weighted by Crippen LogP contribution is 2.19. The fraction of sp³-hybridized carbons (Fsp3) is 0.308. The number of rotatable bonds is 3. The third-order valence-electron chi connectivity index (χ3n) is 2.32. The molecule has 1 heterocycles. The molecular formula is C13H16N2O. The Kier molecular flexibility index (Phi) is 2.79. The van der Waals surface area contributed by atoms with E-state index in [0.29, 0.717) is 6.42 Å². The van der Waals surface area contributed by atoms with E-state index in [4.69, 9.17) is 0 Å². The first kappa shape index (κ1) is 10.9. The van der Waals surface area contributed by atoms with Crippen molar-refractivity contribution in [2.24, 2.45) is 0 Å². The van der Waals surface area contributed by atoms with Crippen LogP contribution in [0.15, 0.2) is 36.4 Å². The molecule has 0 saturated heterocycles. The Morgan fingerprint density at radius 2 is 1.94 bits per heavy atom. The summed E-state index contributed by atoms with van der Waals surface area (Å²) in [5.74, 6) is 0. The van der Waals surface area contributed by atoms with Gasteiger partial charge in [0.1, 0.15) is 0 Å². The van der Waals surface area contributed by atoms with Gasteiger partial charge in [0.15, 0.2) is 0 Å². The molecule has 0 amide bonds. The molecule has 1 aromatic heterocycles. The van der Waals surface area contributed by atoms with Gasteiger partial charge in [-0.25, -0.2) is 0 Å². The fourth-order valence-corrected chi connectivity index (χ4v) is 1.68. The Morgan fingerprint density at radius 3 is 2.56 bits per heavy atom. The van der Waals surface area contributed by atoms with E-state index in [1.807, 2.05) is 36.4 Å². The molecule has 0 aliphatic heterocycles. The topological polar surface area (TPSA) is 48.9 Å². The zero-order chi connectivity index (χ0) is 11.6. The van der Waals surface area contributed by atoms with Crippen molar-refractivity contribution in [3.05, 3.63) is 42.1 Å². The maximum Gasteiger partial charge on any atom is 0.0923 e. The molecule has 84 valence electrons. The van der Waals surface area contributed by atoms with E-state index in [1.165, 1.54) is 0 Å². The monoisotopic (exact) mass is 216 g/mol. The molecular weight excluding hydrogens is 200 g/mol. The lowest BCUT2D eigenvalue weighted by atomic mass is 10.0. The Labute approximate surface area is 95.1 Å². The molecule has 0 unspecified atom stereocenters. The van der Waals surface area contributed by atoms with Crippen molar-refractivity contribution in [1.29, 1.82) is 0 Å². The van der Waals surface area contributed by atoms with Crippen molar-refractivity contribution in [1.82, 2.24) is 10.2 Å². The third kappa shape index (κ3) is 2.70. The highest BCUT2D eigenvalue weighted by Gasteiger charge is 2.15. The van der Waals surface area contributed by atoms with Crippen LogP contribution in [0.25, 0.3) is 11.3 Å². The minimum atomic E-state index is -0.708. The second-order valence-corrected chi connectivity index (χ2v) is 4.63. The Bertz CT molecular complexity index is 454. The molecule has 0 fully saturated rings. The average Bonchev–Trinajstić information content (AvgIpc) is 2.65. The van der Waals surface area contributed by atoms with Gasteiger partial charge in [-0.2, -0.15) is 5.10 Å². The summed E-state index contributed by atoms with van der Waals surface area (Å²) in [6, 6.07) is 12.0. The van der Waals surface area contributed by atoms with Crippen LogP contribution in [0.3, 0.4) is 0 Å². The van der Waals surface area contributed by atoms with Gasteiger partial charge in [0, 0.05) is 17.7 Å². The van der Waals surface area contributed by atoms with Crippen molar-refractivity contribution in [2.75, 3.05) is 0 Å². The fourth-order valence-electron chi connectivity index (χ4n) is 1.68. The summed E-state index contributed by atoms with van der Waals surface area (Å²) >= 11 is 0. The molecule has 2 rings (SSSR count). The van der Waals surface area contributed by atoms with Gasteiger partial charge in [-0.15, -0.1) is 0 Å². The highest BCUT2D eigenvalue weighted by atomic mass is 16.3. The molecule has 0 radical (unpaired) electrons. The van der Waals surface area contributed by atoms with Crippen LogP contribution >= 0.6 is 0 Å². The van der Waals surface area contributed by atoms with Crippen LogP contribution in [0.2, 0.25) is 0 Å². The van der Waals surface area contributed by atoms with Crippen LogP contribution in [0.1, 0.15) is 19.5 Å². The molecule has 2 N–H and O–H groups in total. The largest absolute Gasteiger partial charge is 0.390 e. The predicted octanol–water partition coefficient (Wildman–Crippen LogP) is 2.39. The maximum atomic E-state index is 9.70. The molecule has 3 heteroatoms. The van der Waals surface area contributed by atoms with Gasteiger partial charge in [0.25, 0.3) is 0 Å². The first-order chi connectivity index (χ1) is 7.54. The lowest BCUT2D eigenvalue weighted by Gasteiger charge is -2.14. The minimum absolute atomic E-state index is 0.576. The second kappa shape index (κ2) is 4.10. The lowest BCUT2D eigenvalue weighted by molar-refractivity contribution is 0.0799. The summed E-state index contributed by atoms with van der Waals surface area (Å²) in [7, 11) is 0. The van der Waals surface area contributed by atoms with E-state index in [1.54, 1.807) is 13.8 Å². The quantitative estimate of drug-likeness (QED) is 0.827.